The smallest absolute Gasteiger partial charge is 0.163 e. The third-order valence-electron chi connectivity index (χ3n) is 3.82. The lowest BCUT2D eigenvalue weighted by atomic mass is 10.1. The van der Waals surface area contributed by atoms with Crippen LogP contribution in [-0.4, -0.2) is 14.6 Å². The van der Waals surface area contributed by atoms with Crippen molar-refractivity contribution in [2.24, 2.45) is 0 Å². The molecule has 4 aromatic rings. The van der Waals surface area contributed by atoms with Gasteiger partial charge in [0.1, 0.15) is 5.82 Å². The second-order valence-electron chi connectivity index (χ2n) is 5.45. The van der Waals surface area contributed by atoms with Gasteiger partial charge in [0.15, 0.2) is 5.65 Å². The van der Waals surface area contributed by atoms with Gasteiger partial charge in [-0.3, -0.25) is 0 Å². The molecule has 0 saturated heterocycles. The average Bonchev–Trinajstić information content (AvgIpc) is 2.99. The fraction of sp³-hybridized carbons (Fsp3) is 0.0526. The Hall–Kier alpha value is -3.01. The van der Waals surface area contributed by atoms with Crippen molar-refractivity contribution in [1.82, 2.24) is 14.6 Å². The molecule has 0 unspecified atom stereocenters. The highest BCUT2D eigenvalue weighted by molar-refractivity contribution is 5.79. The normalized spacial score (nSPS) is 11.0. The quantitative estimate of drug-likeness (QED) is 0.545. The van der Waals surface area contributed by atoms with E-state index in [1.54, 1.807) is 12.1 Å². The molecule has 0 bridgehead atoms. The predicted octanol–water partition coefficient (Wildman–Crippen LogP) is 4.51. The number of hydrogen-bond donors (Lipinski definition) is 0. The molecule has 2 aromatic heterocycles. The summed E-state index contributed by atoms with van der Waals surface area (Å²) in [5, 5.41) is 4.50. The first-order chi connectivity index (χ1) is 11.2. The summed E-state index contributed by atoms with van der Waals surface area (Å²) in [7, 11) is 0. The van der Waals surface area contributed by atoms with Crippen LogP contribution in [0.15, 0.2) is 66.9 Å². The van der Waals surface area contributed by atoms with Crippen LogP contribution in [0.4, 0.5) is 4.39 Å². The van der Waals surface area contributed by atoms with Gasteiger partial charge in [-0.2, -0.15) is 5.10 Å². The zero-order valence-electron chi connectivity index (χ0n) is 12.6. The Morgan fingerprint density at radius 2 is 1.65 bits per heavy atom. The largest absolute Gasteiger partial charge is 0.233 e. The molecule has 0 fully saturated rings. The van der Waals surface area contributed by atoms with Gasteiger partial charge in [0.05, 0.1) is 11.9 Å². The van der Waals surface area contributed by atoms with Crippen molar-refractivity contribution in [2.45, 2.75) is 6.92 Å². The van der Waals surface area contributed by atoms with Gasteiger partial charge in [-0.15, -0.1) is 0 Å². The maximum Gasteiger partial charge on any atom is 0.163 e. The van der Waals surface area contributed by atoms with E-state index < -0.39 is 0 Å². The van der Waals surface area contributed by atoms with E-state index in [9.17, 15) is 4.39 Å². The van der Waals surface area contributed by atoms with Crippen molar-refractivity contribution in [3.63, 3.8) is 0 Å². The Labute approximate surface area is 133 Å². The number of aryl methyl sites for hydroxylation is 1. The van der Waals surface area contributed by atoms with Crippen LogP contribution in [0.25, 0.3) is 28.0 Å². The lowest BCUT2D eigenvalue weighted by Crippen LogP contribution is -1.98. The van der Waals surface area contributed by atoms with Gasteiger partial charge >= 0.3 is 0 Å². The molecule has 0 spiro atoms. The Balaban J connectivity index is 1.97. The summed E-state index contributed by atoms with van der Waals surface area (Å²) in [5.74, 6) is -0.249. The highest BCUT2D eigenvalue weighted by Gasteiger charge is 2.13. The van der Waals surface area contributed by atoms with Gasteiger partial charge < -0.3 is 0 Å². The van der Waals surface area contributed by atoms with Crippen LogP contribution in [0, 0.1) is 12.7 Å². The summed E-state index contributed by atoms with van der Waals surface area (Å²) >= 11 is 0. The van der Waals surface area contributed by atoms with Crippen molar-refractivity contribution in [2.75, 3.05) is 0 Å². The molecule has 0 N–H and O–H groups in total. The molecular weight excluding hydrogens is 289 g/mol. The third kappa shape index (κ3) is 2.38. The molecular formula is C19H14FN3. The van der Waals surface area contributed by atoms with Crippen LogP contribution in [0.3, 0.4) is 0 Å². The molecule has 2 aromatic carbocycles. The lowest BCUT2D eigenvalue weighted by molar-refractivity contribution is 0.628. The highest BCUT2D eigenvalue weighted by Crippen LogP contribution is 2.27. The second-order valence-corrected chi connectivity index (χ2v) is 5.45. The summed E-state index contributed by atoms with van der Waals surface area (Å²) in [6.45, 7) is 1.95. The van der Waals surface area contributed by atoms with Gasteiger partial charge in [-0.05, 0) is 42.8 Å². The average molecular weight is 303 g/mol. The van der Waals surface area contributed by atoms with Crippen molar-refractivity contribution in [1.29, 1.82) is 0 Å². The van der Waals surface area contributed by atoms with Gasteiger partial charge in [0, 0.05) is 16.8 Å². The SMILES string of the molecule is Cc1cc(-c2ccc(F)cc2)n2ncc(-c3ccccc3)c2n1. The Bertz CT molecular complexity index is 973. The molecule has 0 amide bonds. The van der Waals surface area contributed by atoms with Crippen LogP contribution in [0.2, 0.25) is 0 Å². The van der Waals surface area contributed by atoms with Crippen molar-refractivity contribution < 1.29 is 4.39 Å². The molecule has 2 heterocycles. The third-order valence-corrected chi connectivity index (χ3v) is 3.82. The van der Waals surface area contributed by atoms with E-state index in [-0.39, 0.29) is 5.82 Å². The number of nitrogens with zero attached hydrogens (tertiary/aromatic N) is 3. The predicted molar refractivity (Wildman–Crippen MR) is 88.6 cm³/mol. The molecule has 4 rings (SSSR count). The van der Waals surface area contributed by atoms with E-state index in [4.69, 9.17) is 0 Å². The minimum absolute atomic E-state index is 0.249. The summed E-state index contributed by atoms with van der Waals surface area (Å²) < 4.78 is 15.0. The molecule has 23 heavy (non-hydrogen) atoms. The van der Waals surface area contributed by atoms with Crippen LogP contribution in [-0.2, 0) is 0 Å². The Kier molecular flexibility index (Phi) is 3.15. The van der Waals surface area contributed by atoms with E-state index in [0.29, 0.717) is 0 Å². The van der Waals surface area contributed by atoms with E-state index in [2.05, 4.69) is 10.1 Å². The maximum absolute atomic E-state index is 13.2. The van der Waals surface area contributed by atoms with E-state index >= 15 is 0 Å². The maximum atomic E-state index is 13.2. The Morgan fingerprint density at radius 1 is 0.913 bits per heavy atom. The molecule has 0 aliphatic carbocycles. The molecule has 112 valence electrons. The summed E-state index contributed by atoms with van der Waals surface area (Å²) in [4.78, 5) is 4.64. The highest BCUT2D eigenvalue weighted by atomic mass is 19.1. The van der Waals surface area contributed by atoms with Crippen molar-refractivity contribution >= 4 is 5.65 Å². The summed E-state index contributed by atoms with van der Waals surface area (Å²) in [6.07, 6.45) is 1.82. The topological polar surface area (TPSA) is 30.2 Å². The molecule has 0 aliphatic rings. The minimum Gasteiger partial charge on any atom is -0.233 e. The summed E-state index contributed by atoms with van der Waals surface area (Å²) in [5.41, 5.74) is 5.56. The molecule has 0 aliphatic heterocycles. The molecule has 3 nitrogen and oxygen atoms in total. The first-order valence-corrected chi connectivity index (χ1v) is 7.39. The molecule has 4 heteroatoms. The van der Waals surface area contributed by atoms with Gasteiger partial charge in [0.25, 0.3) is 0 Å². The summed E-state index contributed by atoms with van der Waals surface area (Å²) in [6, 6.07) is 18.4. The number of halogens is 1. The zero-order chi connectivity index (χ0) is 15.8. The van der Waals surface area contributed by atoms with Crippen molar-refractivity contribution in [3.05, 3.63) is 78.4 Å². The number of rotatable bonds is 2. The Morgan fingerprint density at radius 3 is 2.39 bits per heavy atom. The minimum atomic E-state index is -0.249. The molecule has 0 radical (unpaired) electrons. The number of benzene rings is 2. The lowest BCUT2D eigenvalue weighted by Gasteiger charge is -2.07. The number of fused-ring (bicyclic) bond motifs is 1. The van der Waals surface area contributed by atoms with Gasteiger partial charge in [-0.1, -0.05) is 30.3 Å². The first-order valence-electron chi connectivity index (χ1n) is 7.39. The van der Waals surface area contributed by atoms with E-state index in [1.807, 2.05) is 54.0 Å². The number of aromatic nitrogens is 3. The van der Waals surface area contributed by atoms with Gasteiger partial charge in [-0.25, -0.2) is 13.9 Å². The first kappa shape index (κ1) is 13.6. The monoisotopic (exact) mass is 303 g/mol. The van der Waals surface area contributed by atoms with Crippen molar-refractivity contribution in [3.8, 4) is 22.4 Å². The molecule has 0 saturated carbocycles. The van der Waals surface area contributed by atoms with Gasteiger partial charge in [0.2, 0.25) is 0 Å². The number of hydrogen-bond acceptors (Lipinski definition) is 2. The zero-order valence-corrected chi connectivity index (χ0v) is 12.6. The van der Waals surface area contributed by atoms with Crippen LogP contribution in [0.1, 0.15) is 5.69 Å². The van der Waals surface area contributed by atoms with E-state index in [0.717, 1.165) is 33.7 Å². The van der Waals surface area contributed by atoms with E-state index in [1.165, 1.54) is 12.1 Å². The fourth-order valence-corrected chi connectivity index (χ4v) is 2.73. The standard InChI is InChI=1S/C19H14FN3/c1-13-11-18(15-7-9-16(20)10-8-15)23-19(22-13)17(12-21-23)14-5-3-2-4-6-14/h2-12H,1H3. The van der Waals surface area contributed by atoms with Crippen LogP contribution >= 0.6 is 0 Å². The fourth-order valence-electron chi connectivity index (χ4n) is 2.73. The van der Waals surface area contributed by atoms with Crippen LogP contribution in [0.5, 0.6) is 0 Å². The second kappa shape index (κ2) is 5.32. The molecule has 0 atom stereocenters. The van der Waals surface area contributed by atoms with Crippen LogP contribution < -0.4 is 0 Å².